The number of methoxy groups -OCH3 is 1. The fourth-order valence-electron chi connectivity index (χ4n) is 3.44. The molecule has 2 aromatic carbocycles. The summed E-state index contributed by atoms with van der Waals surface area (Å²) in [5.74, 6) is 0.430. The second-order valence-corrected chi connectivity index (χ2v) is 8.09. The number of amides is 4. The molecule has 2 heterocycles. The summed E-state index contributed by atoms with van der Waals surface area (Å²) in [5.41, 5.74) is 0.334. The Labute approximate surface area is 212 Å². The number of urea groups is 1. The molecule has 186 valence electrons. The van der Waals surface area contributed by atoms with Gasteiger partial charge in [0, 0.05) is 6.42 Å². The molecule has 36 heavy (non-hydrogen) atoms. The Bertz CT molecular complexity index is 1290. The van der Waals surface area contributed by atoms with Gasteiger partial charge in [-0.05, 0) is 48.0 Å². The van der Waals surface area contributed by atoms with Crippen LogP contribution in [-0.4, -0.2) is 43.1 Å². The summed E-state index contributed by atoms with van der Waals surface area (Å²) < 4.78 is 22.1. The van der Waals surface area contributed by atoms with E-state index in [1.165, 1.54) is 19.4 Å². The van der Waals surface area contributed by atoms with Crippen molar-refractivity contribution in [2.24, 2.45) is 0 Å². The lowest BCUT2D eigenvalue weighted by Gasteiger charge is -2.25. The van der Waals surface area contributed by atoms with E-state index in [9.17, 15) is 14.4 Å². The van der Waals surface area contributed by atoms with Crippen LogP contribution in [0.25, 0.3) is 6.08 Å². The number of nitrogens with zero attached hydrogens (tertiary/aromatic N) is 1. The molecule has 1 N–H and O–H groups in total. The third-order valence-electron chi connectivity index (χ3n) is 5.22. The van der Waals surface area contributed by atoms with Gasteiger partial charge in [0.05, 0.1) is 38.2 Å². The van der Waals surface area contributed by atoms with Crippen LogP contribution in [0.1, 0.15) is 17.7 Å². The van der Waals surface area contributed by atoms with Crippen molar-refractivity contribution >= 4 is 35.5 Å². The molecular weight excluding hydrogens is 488 g/mol. The average Bonchev–Trinajstić information content (AvgIpc) is 3.39. The number of furan rings is 1. The minimum absolute atomic E-state index is 0.0986. The molecule has 0 bridgehead atoms. The lowest BCUT2D eigenvalue weighted by atomic mass is 10.1. The van der Waals surface area contributed by atoms with Crippen LogP contribution in [0.2, 0.25) is 5.02 Å². The predicted molar refractivity (Wildman–Crippen MR) is 131 cm³/mol. The fourth-order valence-corrected chi connectivity index (χ4v) is 3.63. The standard InChI is InChI=1S/C26H23ClN2O7/c1-33-23-15-17(9-10-22(23)36-13-5-12-35-21-8-3-2-7-20(21)27)14-19-24(30)28-26(32)29(25(19)31)16-18-6-4-11-34-18/h2-4,6-11,14-15H,5,12-13,16H2,1H3,(H,28,30,32). The van der Waals surface area contributed by atoms with Gasteiger partial charge < -0.3 is 18.6 Å². The van der Waals surface area contributed by atoms with E-state index in [4.69, 9.17) is 30.2 Å². The summed E-state index contributed by atoms with van der Waals surface area (Å²) in [6, 6.07) is 14.7. The smallest absolute Gasteiger partial charge is 0.331 e. The summed E-state index contributed by atoms with van der Waals surface area (Å²) in [6.45, 7) is 0.686. The van der Waals surface area contributed by atoms with Crippen LogP contribution in [0.5, 0.6) is 17.2 Å². The van der Waals surface area contributed by atoms with E-state index in [2.05, 4.69) is 5.32 Å². The second-order valence-electron chi connectivity index (χ2n) is 7.68. The molecule has 1 saturated heterocycles. The minimum atomic E-state index is -0.807. The van der Waals surface area contributed by atoms with Crippen LogP contribution in [0.3, 0.4) is 0 Å². The van der Waals surface area contributed by atoms with Crippen molar-refractivity contribution in [2.75, 3.05) is 20.3 Å². The molecule has 0 radical (unpaired) electrons. The zero-order valence-electron chi connectivity index (χ0n) is 19.4. The number of para-hydroxylation sites is 1. The van der Waals surface area contributed by atoms with Crippen molar-refractivity contribution < 1.29 is 33.0 Å². The topological polar surface area (TPSA) is 107 Å². The normalized spacial score (nSPS) is 14.7. The molecule has 1 fully saturated rings. The van der Waals surface area contributed by atoms with Gasteiger partial charge in [-0.1, -0.05) is 29.8 Å². The first kappa shape index (κ1) is 24.9. The third kappa shape index (κ3) is 5.87. The van der Waals surface area contributed by atoms with Gasteiger partial charge >= 0.3 is 6.03 Å². The van der Waals surface area contributed by atoms with Crippen LogP contribution in [-0.2, 0) is 16.1 Å². The minimum Gasteiger partial charge on any atom is -0.493 e. The van der Waals surface area contributed by atoms with E-state index < -0.39 is 17.8 Å². The Morgan fingerprint density at radius 1 is 0.972 bits per heavy atom. The molecule has 9 nitrogen and oxygen atoms in total. The molecule has 0 saturated carbocycles. The Balaban J connectivity index is 1.40. The van der Waals surface area contributed by atoms with Crippen molar-refractivity contribution in [3.05, 3.63) is 82.8 Å². The summed E-state index contributed by atoms with van der Waals surface area (Å²) in [7, 11) is 1.49. The van der Waals surface area contributed by atoms with Crippen molar-refractivity contribution in [2.45, 2.75) is 13.0 Å². The lowest BCUT2D eigenvalue weighted by molar-refractivity contribution is -0.130. The van der Waals surface area contributed by atoms with E-state index in [1.807, 2.05) is 12.1 Å². The number of halogens is 1. The highest BCUT2D eigenvalue weighted by Crippen LogP contribution is 2.30. The highest BCUT2D eigenvalue weighted by molar-refractivity contribution is 6.32. The SMILES string of the molecule is COc1cc(C=C2C(=O)NC(=O)N(Cc3ccco3)C2=O)ccc1OCCCOc1ccccc1Cl. The number of hydrogen-bond acceptors (Lipinski definition) is 7. The van der Waals surface area contributed by atoms with Gasteiger partial charge in [-0.2, -0.15) is 0 Å². The van der Waals surface area contributed by atoms with Crippen LogP contribution >= 0.6 is 11.6 Å². The molecule has 4 rings (SSSR count). The van der Waals surface area contributed by atoms with Crippen LogP contribution in [0, 0.1) is 0 Å². The molecule has 0 aliphatic carbocycles. The lowest BCUT2D eigenvalue weighted by Crippen LogP contribution is -2.53. The molecule has 10 heteroatoms. The zero-order chi connectivity index (χ0) is 25.5. The molecule has 3 aromatic rings. The first-order valence-electron chi connectivity index (χ1n) is 11.1. The summed E-state index contributed by atoms with van der Waals surface area (Å²) in [6.07, 6.45) is 3.43. The average molecular weight is 511 g/mol. The number of imide groups is 2. The molecule has 0 unspecified atom stereocenters. The van der Waals surface area contributed by atoms with Gasteiger partial charge in [-0.25, -0.2) is 4.79 Å². The van der Waals surface area contributed by atoms with E-state index in [0.29, 0.717) is 53.2 Å². The molecule has 1 aromatic heterocycles. The first-order valence-corrected chi connectivity index (χ1v) is 11.4. The van der Waals surface area contributed by atoms with Crippen molar-refractivity contribution in [1.29, 1.82) is 0 Å². The maximum absolute atomic E-state index is 12.9. The quantitative estimate of drug-likeness (QED) is 0.244. The highest BCUT2D eigenvalue weighted by Gasteiger charge is 2.36. The Hall–Kier alpha value is -4.24. The Morgan fingerprint density at radius 2 is 1.75 bits per heavy atom. The van der Waals surface area contributed by atoms with Crippen LogP contribution in [0.4, 0.5) is 4.79 Å². The van der Waals surface area contributed by atoms with Gasteiger partial charge in [0.1, 0.15) is 17.1 Å². The molecule has 0 atom stereocenters. The van der Waals surface area contributed by atoms with E-state index in [1.54, 1.807) is 42.5 Å². The molecule has 4 amide bonds. The summed E-state index contributed by atoms with van der Waals surface area (Å²) in [4.78, 5) is 38.3. The van der Waals surface area contributed by atoms with Gasteiger partial charge in [-0.3, -0.25) is 19.8 Å². The van der Waals surface area contributed by atoms with Crippen molar-refractivity contribution in [1.82, 2.24) is 10.2 Å². The number of barbiturate groups is 1. The number of ether oxygens (including phenoxy) is 3. The maximum atomic E-state index is 12.9. The number of nitrogens with one attached hydrogen (secondary N) is 1. The highest BCUT2D eigenvalue weighted by atomic mass is 35.5. The van der Waals surface area contributed by atoms with Crippen molar-refractivity contribution in [3.63, 3.8) is 0 Å². The maximum Gasteiger partial charge on any atom is 0.331 e. The van der Waals surface area contributed by atoms with Gasteiger partial charge in [-0.15, -0.1) is 0 Å². The Morgan fingerprint density at radius 3 is 2.47 bits per heavy atom. The number of carbonyl (C=O) groups excluding carboxylic acids is 3. The molecule has 1 aliphatic rings. The zero-order valence-corrected chi connectivity index (χ0v) is 20.1. The van der Waals surface area contributed by atoms with Gasteiger partial charge in [0.25, 0.3) is 11.8 Å². The van der Waals surface area contributed by atoms with Gasteiger partial charge in [0.2, 0.25) is 0 Å². The summed E-state index contributed by atoms with van der Waals surface area (Å²) >= 11 is 6.07. The molecular formula is C26H23ClN2O7. The predicted octanol–water partition coefficient (Wildman–Crippen LogP) is 4.45. The van der Waals surface area contributed by atoms with Gasteiger partial charge in [0.15, 0.2) is 11.5 Å². The van der Waals surface area contributed by atoms with Crippen molar-refractivity contribution in [3.8, 4) is 17.2 Å². The molecule has 1 aliphatic heterocycles. The largest absolute Gasteiger partial charge is 0.493 e. The third-order valence-corrected chi connectivity index (χ3v) is 5.53. The second kappa shape index (κ2) is 11.5. The van der Waals surface area contributed by atoms with Crippen LogP contribution < -0.4 is 19.5 Å². The Kier molecular flexibility index (Phi) is 7.92. The van der Waals surface area contributed by atoms with E-state index >= 15 is 0 Å². The first-order chi connectivity index (χ1) is 17.5. The summed E-state index contributed by atoms with van der Waals surface area (Å²) in [5, 5.41) is 2.72. The number of benzene rings is 2. The van der Waals surface area contributed by atoms with Crippen LogP contribution in [0.15, 0.2) is 70.9 Å². The fraction of sp³-hybridized carbons (Fsp3) is 0.192. The van der Waals surface area contributed by atoms with E-state index in [-0.39, 0.29) is 12.1 Å². The van der Waals surface area contributed by atoms with E-state index in [0.717, 1.165) is 4.90 Å². The molecule has 0 spiro atoms. The monoisotopic (exact) mass is 510 g/mol. The number of hydrogen-bond donors (Lipinski definition) is 1. The number of carbonyl (C=O) groups is 3. The number of rotatable bonds is 10.